The Hall–Kier alpha value is -5.14. The second-order valence-corrected chi connectivity index (χ2v) is 8.26. The Morgan fingerprint density at radius 1 is 0.475 bits per heavy atom. The lowest BCUT2D eigenvalue weighted by molar-refractivity contribution is -0.138. The number of rotatable bonds is 16. The van der Waals surface area contributed by atoms with Gasteiger partial charge in [0, 0.05) is 37.6 Å². The summed E-state index contributed by atoms with van der Waals surface area (Å²) < 4.78 is 0. The van der Waals surface area contributed by atoms with Crippen LogP contribution in [0.3, 0.4) is 0 Å². The maximum Gasteiger partial charge on any atom is 0.335 e. The molecule has 0 fully saturated rings. The minimum absolute atomic E-state index is 0.0677. The van der Waals surface area contributed by atoms with Gasteiger partial charge in [-0.3, -0.25) is 19.2 Å². The van der Waals surface area contributed by atoms with Crippen LogP contribution in [0.15, 0.2) is 48.5 Å². The Kier molecular flexibility index (Phi) is 13.7. The highest BCUT2D eigenvalue weighted by Crippen LogP contribution is 2.18. The fourth-order valence-corrected chi connectivity index (χ4v) is 3.31. The van der Waals surface area contributed by atoms with Gasteiger partial charge in [0.05, 0.1) is 36.8 Å². The van der Waals surface area contributed by atoms with Gasteiger partial charge in [0.1, 0.15) is 0 Å². The van der Waals surface area contributed by atoms with Crippen LogP contribution in [0.1, 0.15) is 46.4 Å². The van der Waals surface area contributed by atoms with Crippen LogP contribution in [0.4, 0.5) is 11.4 Å². The van der Waals surface area contributed by atoms with E-state index in [0.29, 0.717) is 11.4 Å². The summed E-state index contributed by atoms with van der Waals surface area (Å²) in [6, 6.07) is 11.8. The molecule has 0 aliphatic carbocycles. The number of carbonyl (C=O) groups is 6. The average Bonchev–Trinajstić information content (AvgIpc) is 2.88. The molecule has 14 nitrogen and oxygen atoms in total. The second kappa shape index (κ2) is 16.7. The molecule has 2 aromatic carbocycles. The minimum Gasteiger partial charge on any atom is -0.481 e. The predicted octanol–water partition coefficient (Wildman–Crippen LogP) is 2.28. The molecule has 2 rings (SSSR count). The molecule has 0 aliphatic rings. The molecule has 0 unspecified atom stereocenters. The summed E-state index contributed by atoms with van der Waals surface area (Å²) in [6.45, 7) is 0.557. The van der Waals surface area contributed by atoms with Crippen molar-refractivity contribution in [2.45, 2.75) is 25.7 Å². The van der Waals surface area contributed by atoms with E-state index in [1.807, 2.05) is 0 Å². The van der Waals surface area contributed by atoms with E-state index in [0.717, 1.165) is 0 Å². The molecule has 0 radical (unpaired) electrons. The third-order valence-corrected chi connectivity index (χ3v) is 5.32. The van der Waals surface area contributed by atoms with Gasteiger partial charge in [-0.25, -0.2) is 9.59 Å². The van der Waals surface area contributed by atoms with Gasteiger partial charge in [-0.2, -0.15) is 0 Å². The van der Waals surface area contributed by atoms with E-state index in [-0.39, 0.29) is 63.0 Å². The number of hydrogen-bond donors (Lipinski definition) is 6. The largest absolute Gasteiger partial charge is 0.481 e. The minimum atomic E-state index is -1.09. The van der Waals surface area contributed by atoms with Crippen LogP contribution in [-0.4, -0.2) is 92.6 Å². The molecular weight excluding hydrogens is 532 g/mol. The van der Waals surface area contributed by atoms with Gasteiger partial charge in [0.25, 0.3) is 0 Å². The molecule has 0 spiro atoms. The Morgan fingerprint density at radius 2 is 0.850 bits per heavy atom. The van der Waals surface area contributed by atoms with Gasteiger partial charge in [0.2, 0.25) is 0 Å². The van der Waals surface area contributed by atoms with Crippen LogP contribution < -0.4 is 9.80 Å². The number of aliphatic carboxylic acids is 4. The molecule has 0 aliphatic heterocycles. The smallest absolute Gasteiger partial charge is 0.335 e. The van der Waals surface area contributed by atoms with Gasteiger partial charge < -0.3 is 40.4 Å². The number of aromatic carboxylic acids is 2. The second-order valence-electron chi connectivity index (χ2n) is 8.26. The maximum absolute atomic E-state index is 10.9. The van der Waals surface area contributed by atoms with Crippen molar-refractivity contribution in [2.75, 3.05) is 36.0 Å². The predicted molar refractivity (Wildman–Crippen MR) is 140 cm³/mol. The van der Waals surface area contributed by atoms with Crippen molar-refractivity contribution in [2.24, 2.45) is 0 Å². The van der Waals surface area contributed by atoms with E-state index in [4.69, 9.17) is 30.6 Å². The summed E-state index contributed by atoms with van der Waals surface area (Å²) in [5.74, 6) is -6.11. The topological polar surface area (TPSA) is 230 Å². The van der Waals surface area contributed by atoms with E-state index < -0.39 is 35.8 Å². The molecule has 0 atom stereocenters. The first-order chi connectivity index (χ1) is 18.8. The molecule has 0 bridgehead atoms. The fourth-order valence-electron chi connectivity index (χ4n) is 3.31. The van der Waals surface area contributed by atoms with E-state index in [1.165, 1.54) is 42.5 Å². The molecule has 0 amide bonds. The summed E-state index contributed by atoms with van der Waals surface area (Å²) >= 11 is 0. The molecule has 6 N–H and O–H groups in total. The number of carboxylic acid groups (broad SMARTS) is 6. The third-order valence-electron chi connectivity index (χ3n) is 5.32. The van der Waals surface area contributed by atoms with Gasteiger partial charge >= 0.3 is 35.8 Å². The zero-order chi connectivity index (χ0) is 30.2. The van der Waals surface area contributed by atoms with Crippen LogP contribution in [-0.2, 0) is 19.2 Å². The average molecular weight is 563 g/mol. The molecule has 0 saturated carbocycles. The number of anilines is 2. The van der Waals surface area contributed by atoms with Gasteiger partial charge in [0.15, 0.2) is 0 Å². The first-order valence-electron chi connectivity index (χ1n) is 11.8. The zero-order valence-corrected chi connectivity index (χ0v) is 21.3. The van der Waals surface area contributed by atoms with Crippen molar-refractivity contribution in [3.8, 4) is 0 Å². The summed E-state index contributed by atoms with van der Waals surface area (Å²) in [5.41, 5.74) is 1.27. The molecule has 2 aromatic rings. The van der Waals surface area contributed by atoms with Crippen molar-refractivity contribution >= 4 is 47.2 Å². The molecular formula is C26H30N2O12. The van der Waals surface area contributed by atoms with Gasteiger partial charge in [-0.1, -0.05) is 6.07 Å². The van der Waals surface area contributed by atoms with Crippen LogP contribution in [0.25, 0.3) is 0 Å². The SMILES string of the molecule is O=C(O)CCN(CCC(=O)O)c1ccc(C(=O)O)cc1.O=C(O)CCN(CCC(=O)O)c1cccc(C(=O)O)c1. The fraction of sp³-hybridized carbons (Fsp3) is 0.308. The molecule has 40 heavy (non-hydrogen) atoms. The van der Waals surface area contributed by atoms with Crippen LogP contribution in [0.2, 0.25) is 0 Å². The molecule has 216 valence electrons. The standard InChI is InChI=1S/2C13H15NO6/c15-11(16)5-7-14(8-6-12(17)18)10-3-1-9(2-4-10)13(19)20;15-11(16)4-6-14(7-5-12(17)18)10-3-1-2-9(8-10)13(19)20/h1-4H,5-8H2,(H,15,16)(H,17,18)(H,19,20);1-3,8H,4-7H2,(H,15,16)(H,17,18)(H,19,20). The number of hydrogen-bond acceptors (Lipinski definition) is 8. The van der Waals surface area contributed by atoms with E-state index >= 15 is 0 Å². The van der Waals surface area contributed by atoms with Crippen molar-refractivity contribution in [3.63, 3.8) is 0 Å². The Morgan fingerprint density at radius 3 is 1.20 bits per heavy atom. The quantitative estimate of drug-likeness (QED) is 0.172. The lowest BCUT2D eigenvalue weighted by Gasteiger charge is -2.23. The number of benzene rings is 2. The number of nitrogens with zero attached hydrogens (tertiary/aromatic N) is 2. The van der Waals surface area contributed by atoms with E-state index in [2.05, 4.69) is 0 Å². The van der Waals surface area contributed by atoms with Gasteiger partial charge in [-0.05, 0) is 42.5 Å². The van der Waals surface area contributed by atoms with E-state index in [9.17, 15) is 28.8 Å². The lowest BCUT2D eigenvalue weighted by Crippen LogP contribution is -2.28. The highest BCUT2D eigenvalue weighted by Gasteiger charge is 2.13. The first-order valence-corrected chi connectivity index (χ1v) is 11.8. The summed E-state index contributed by atoms with van der Waals surface area (Å²) in [4.78, 5) is 67.2. The molecule has 14 heteroatoms. The van der Waals surface area contributed by atoms with Crippen LogP contribution in [0.5, 0.6) is 0 Å². The Labute approximate surface area is 228 Å². The van der Waals surface area contributed by atoms with Crippen molar-refractivity contribution in [1.29, 1.82) is 0 Å². The monoisotopic (exact) mass is 562 g/mol. The summed E-state index contributed by atoms with van der Waals surface area (Å²) in [5, 5.41) is 52.5. The van der Waals surface area contributed by atoms with Crippen molar-refractivity contribution < 1.29 is 59.4 Å². The number of carboxylic acids is 6. The van der Waals surface area contributed by atoms with Crippen LogP contribution in [0, 0.1) is 0 Å². The Balaban J connectivity index is 0.000000400. The normalized spacial score (nSPS) is 10.0. The van der Waals surface area contributed by atoms with E-state index in [1.54, 1.807) is 15.9 Å². The summed E-state index contributed by atoms with van der Waals surface area (Å²) in [6.07, 6.45) is -0.561. The van der Waals surface area contributed by atoms with Crippen molar-refractivity contribution in [3.05, 3.63) is 59.7 Å². The van der Waals surface area contributed by atoms with Crippen molar-refractivity contribution in [1.82, 2.24) is 0 Å². The molecule has 0 aromatic heterocycles. The summed E-state index contributed by atoms with van der Waals surface area (Å²) in [7, 11) is 0. The molecule has 0 heterocycles. The first kappa shape index (κ1) is 32.9. The lowest BCUT2D eigenvalue weighted by atomic mass is 10.1. The third kappa shape index (κ3) is 12.9. The van der Waals surface area contributed by atoms with Crippen LogP contribution >= 0.6 is 0 Å². The zero-order valence-electron chi connectivity index (χ0n) is 21.3. The van der Waals surface area contributed by atoms with Gasteiger partial charge in [-0.15, -0.1) is 0 Å². The highest BCUT2D eigenvalue weighted by atomic mass is 16.4. The highest BCUT2D eigenvalue weighted by molar-refractivity contribution is 5.89. The molecule has 0 saturated heterocycles. The maximum atomic E-state index is 10.9. The Bertz CT molecular complexity index is 1160.